The van der Waals surface area contributed by atoms with Crippen molar-refractivity contribution < 1.29 is 12.8 Å². The third kappa shape index (κ3) is 3.77. The molecule has 0 atom stereocenters. The molecule has 4 rings (SSSR count). The third-order valence-corrected chi connectivity index (χ3v) is 5.28. The van der Waals surface area contributed by atoms with Gasteiger partial charge in [0, 0.05) is 5.69 Å². The van der Waals surface area contributed by atoms with Gasteiger partial charge in [0.2, 0.25) is 0 Å². The zero-order chi connectivity index (χ0) is 19.6. The van der Waals surface area contributed by atoms with Gasteiger partial charge in [0.25, 0.3) is 10.0 Å². The zero-order valence-corrected chi connectivity index (χ0v) is 15.3. The van der Waals surface area contributed by atoms with Crippen molar-refractivity contribution in [3.05, 3.63) is 84.7 Å². The van der Waals surface area contributed by atoms with Crippen molar-refractivity contribution >= 4 is 38.4 Å². The molecule has 2 N–H and O–H groups in total. The van der Waals surface area contributed by atoms with Gasteiger partial charge >= 0.3 is 0 Å². The fraction of sp³-hybridized carbons (Fsp3) is 0. The molecule has 0 amide bonds. The Kier molecular flexibility index (Phi) is 4.62. The minimum absolute atomic E-state index is 0.0202. The van der Waals surface area contributed by atoms with Crippen molar-refractivity contribution in [3.63, 3.8) is 0 Å². The van der Waals surface area contributed by atoms with E-state index in [0.717, 1.165) is 11.8 Å². The lowest BCUT2D eigenvalue weighted by molar-refractivity contribution is 0.595. The molecule has 6 nitrogen and oxygen atoms in total. The second-order valence-electron chi connectivity index (χ2n) is 5.96. The van der Waals surface area contributed by atoms with Gasteiger partial charge in [-0.25, -0.2) is 22.8 Å². The summed E-state index contributed by atoms with van der Waals surface area (Å²) in [4.78, 5) is 8.69. The van der Waals surface area contributed by atoms with Crippen LogP contribution in [0, 0.1) is 5.82 Å². The number of nitrogens with zero attached hydrogens (tertiary/aromatic N) is 2. The second kappa shape index (κ2) is 7.24. The molecule has 8 heteroatoms. The highest BCUT2D eigenvalue weighted by molar-refractivity contribution is 7.92. The predicted molar refractivity (Wildman–Crippen MR) is 106 cm³/mol. The van der Waals surface area contributed by atoms with E-state index in [0.29, 0.717) is 11.0 Å². The van der Waals surface area contributed by atoms with E-state index < -0.39 is 15.8 Å². The lowest BCUT2D eigenvalue weighted by Crippen LogP contribution is -2.16. The van der Waals surface area contributed by atoms with Gasteiger partial charge in [-0.1, -0.05) is 36.4 Å². The van der Waals surface area contributed by atoms with Crippen LogP contribution in [0.2, 0.25) is 0 Å². The number of fused-ring (bicyclic) bond motifs is 1. The Balaban J connectivity index is 1.79. The summed E-state index contributed by atoms with van der Waals surface area (Å²) in [7, 11) is -4.05. The van der Waals surface area contributed by atoms with Gasteiger partial charge in [-0.15, -0.1) is 0 Å². The zero-order valence-electron chi connectivity index (χ0n) is 14.5. The molecule has 0 aliphatic rings. The molecule has 3 aromatic carbocycles. The number of halogens is 1. The molecular weight excluding hydrogens is 379 g/mol. The van der Waals surface area contributed by atoms with E-state index in [4.69, 9.17) is 0 Å². The average Bonchev–Trinajstić information content (AvgIpc) is 2.69. The minimum atomic E-state index is -4.05. The van der Waals surface area contributed by atoms with Crippen LogP contribution in [0.25, 0.3) is 11.0 Å². The summed E-state index contributed by atoms with van der Waals surface area (Å²) in [6.45, 7) is 0. The standard InChI is InChI=1S/C20H15FN4O2S/c21-14-7-6-10-16(13-14)28(26,27)25-20-19(22-15-8-2-1-3-9-15)23-17-11-4-5-12-18(17)24-20/h1-13H,(H,22,23)(H,24,25). The van der Waals surface area contributed by atoms with Crippen LogP contribution in [-0.2, 0) is 10.0 Å². The van der Waals surface area contributed by atoms with Crippen LogP contribution >= 0.6 is 0 Å². The molecule has 4 aromatic rings. The number of aromatic nitrogens is 2. The van der Waals surface area contributed by atoms with E-state index in [9.17, 15) is 12.8 Å². The molecule has 0 unspecified atom stereocenters. The number of nitrogens with one attached hydrogen (secondary N) is 2. The van der Waals surface area contributed by atoms with Crippen LogP contribution < -0.4 is 10.0 Å². The van der Waals surface area contributed by atoms with Crippen molar-refractivity contribution in [2.45, 2.75) is 4.90 Å². The Bertz CT molecular complexity index is 1250. The van der Waals surface area contributed by atoms with Crippen molar-refractivity contribution in [1.29, 1.82) is 0 Å². The summed E-state index contributed by atoms with van der Waals surface area (Å²) in [5.74, 6) is -0.383. The number of sulfonamides is 1. The van der Waals surface area contributed by atoms with Gasteiger partial charge in [-0.05, 0) is 42.5 Å². The second-order valence-corrected chi connectivity index (χ2v) is 7.65. The predicted octanol–water partition coefficient (Wildman–Crippen LogP) is 4.31. The van der Waals surface area contributed by atoms with Gasteiger partial charge < -0.3 is 5.32 Å². The molecule has 0 bridgehead atoms. The fourth-order valence-corrected chi connectivity index (χ4v) is 3.68. The smallest absolute Gasteiger partial charge is 0.263 e. The van der Waals surface area contributed by atoms with Gasteiger partial charge in [-0.3, -0.25) is 4.72 Å². The van der Waals surface area contributed by atoms with E-state index in [1.807, 2.05) is 36.4 Å². The lowest BCUT2D eigenvalue weighted by atomic mass is 10.3. The molecule has 0 spiro atoms. The van der Waals surface area contributed by atoms with E-state index in [1.165, 1.54) is 18.2 Å². The fourth-order valence-electron chi connectivity index (χ4n) is 2.64. The Labute approximate surface area is 161 Å². The van der Waals surface area contributed by atoms with Crippen molar-refractivity contribution in [1.82, 2.24) is 9.97 Å². The summed E-state index contributed by atoms with van der Waals surface area (Å²) in [5.41, 5.74) is 1.85. The van der Waals surface area contributed by atoms with Crippen LogP contribution in [0.3, 0.4) is 0 Å². The largest absolute Gasteiger partial charge is 0.337 e. The summed E-state index contributed by atoms with van der Waals surface area (Å²) in [6, 6.07) is 21.1. The molecule has 0 saturated heterocycles. The number of rotatable bonds is 5. The molecule has 1 heterocycles. The Morgan fingerprint density at radius 2 is 1.39 bits per heavy atom. The number of benzene rings is 3. The van der Waals surface area contributed by atoms with Crippen LogP contribution in [0.1, 0.15) is 0 Å². The molecular formula is C20H15FN4O2S. The van der Waals surface area contributed by atoms with E-state index in [-0.39, 0.29) is 16.5 Å². The van der Waals surface area contributed by atoms with Crippen molar-refractivity contribution in [3.8, 4) is 0 Å². The number of anilines is 3. The maximum atomic E-state index is 13.5. The number of hydrogen-bond acceptors (Lipinski definition) is 5. The summed E-state index contributed by atoms with van der Waals surface area (Å²) in [6.07, 6.45) is 0. The Morgan fingerprint density at radius 1 is 0.750 bits per heavy atom. The first kappa shape index (κ1) is 17.9. The van der Waals surface area contributed by atoms with Crippen LogP contribution in [0.4, 0.5) is 21.7 Å². The third-order valence-electron chi connectivity index (χ3n) is 3.94. The van der Waals surface area contributed by atoms with Crippen molar-refractivity contribution in [2.75, 3.05) is 10.0 Å². The van der Waals surface area contributed by atoms with Gasteiger partial charge in [0.1, 0.15) is 5.82 Å². The summed E-state index contributed by atoms with van der Waals surface area (Å²) in [5, 5.41) is 3.08. The summed E-state index contributed by atoms with van der Waals surface area (Å²) < 4.78 is 41.3. The van der Waals surface area contributed by atoms with E-state index >= 15 is 0 Å². The topological polar surface area (TPSA) is 84.0 Å². The molecule has 0 radical (unpaired) electrons. The highest BCUT2D eigenvalue weighted by atomic mass is 32.2. The maximum absolute atomic E-state index is 13.5. The molecule has 0 fully saturated rings. The highest BCUT2D eigenvalue weighted by Crippen LogP contribution is 2.27. The first-order valence-corrected chi connectivity index (χ1v) is 9.87. The Hall–Kier alpha value is -3.52. The highest BCUT2D eigenvalue weighted by Gasteiger charge is 2.19. The molecule has 0 aliphatic carbocycles. The molecule has 0 saturated carbocycles. The quantitative estimate of drug-likeness (QED) is 0.527. The first-order chi connectivity index (χ1) is 13.5. The SMILES string of the molecule is O=S(=O)(Nc1nc2ccccc2nc1Nc1ccccc1)c1cccc(F)c1. The van der Waals surface area contributed by atoms with Gasteiger partial charge in [0.05, 0.1) is 15.9 Å². The van der Waals surface area contributed by atoms with E-state index in [2.05, 4.69) is 20.0 Å². The first-order valence-electron chi connectivity index (χ1n) is 8.38. The normalized spacial score (nSPS) is 11.3. The van der Waals surface area contributed by atoms with Gasteiger partial charge in [0.15, 0.2) is 11.6 Å². The molecule has 0 aliphatic heterocycles. The van der Waals surface area contributed by atoms with E-state index in [1.54, 1.807) is 18.2 Å². The van der Waals surface area contributed by atoms with Crippen molar-refractivity contribution in [2.24, 2.45) is 0 Å². The van der Waals surface area contributed by atoms with Crippen LogP contribution in [0.5, 0.6) is 0 Å². The van der Waals surface area contributed by atoms with Crippen LogP contribution in [-0.4, -0.2) is 18.4 Å². The lowest BCUT2D eigenvalue weighted by Gasteiger charge is -2.14. The molecule has 140 valence electrons. The summed E-state index contributed by atoms with van der Waals surface area (Å²) >= 11 is 0. The molecule has 1 aromatic heterocycles. The molecule has 28 heavy (non-hydrogen) atoms. The van der Waals surface area contributed by atoms with Gasteiger partial charge in [-0.2, -0.15) is 0 Å². The number of para-hydroxylation sites is 3. The Morgan fingerprint density at radius 3 is 2.07 bits per heavy atom. The monoisotopic (exact) mass is 394 g/mol. The number of hydrogen-bond donors (Lipinski definition) is 2. The maximum Gasteiger partial charge on any atom is 0.263 e. The van der Waals surface area contributed by atoms with Crippen LogP contribution in [0.15, 0.2) is 83.8 Å². The average molecular weight is 394 g/mol. The minimum Gasteiger partial charge on any atom is -0.337 e.